The van der Waals surface area contributed by atoms with Crippen molar-refractivity contribution in [2.45, 2.75) is 50.6 Å². The Morgan fingerprint density at radius 3 is 2.55 bits per heavy atom. The molecule has 4 rings (SSSR count). The van der Waals surface area contributed by atoms with Crippen molar-refractivity contribution in [3.05, 3.63) is 69.2 Å². The Kier molecular flexibility index (Phi) is 6.94. The number of halogens is 2. The van der Waals surface area contributed by atoms with E-state index in [0.29, 0.717) is 6.04 Å². The molecule has 5 heteroatoms. The lowest BCUT2D eigenvalue weighted by Crippen LogP contribution is -2.51. The molecule has 1 heterocycles. The van der Waals surface area contributed by atoms with E-state index in [1.807, 2.05) is 36.4 Å². The smallest absolute Gasteiger partial charge is 0.251 e. The number of amides is 1. The fourth-order valence-electron chi connectivity index (χ4n) is 4.87. The van der Waals surface area contributed by atoms with Crippen molar-refractivity contribution in [3.63, 3.8) is 0 Å². The summed E-state index contributed by atoms with van der Waals surface area (Å²) in [5, 5.41) is 4.12. The minimum absolute atomic E-state index is 0.0424. The van der Waals surface area contributed by atoms with Crippen LogP contribution in [0.15, 0.2) is 53.0 Å². The van der Waals surface area contributed by atoms with Crippen molar-refractivity contribution in [1.29, 1.82) is 0 Å². The lowest BCUT2D eigenvalue weighted by Gasteiger charge is -2.38. The molecule has 154 valence electrons. The van der Waals surface area contributed by atoms with E-state index in [-0.39, 0.29) is 11.9 Å². The van der Waals surface area contributed by atoms with Crippen LogP contribution in [-0.2, 0) is 6.42 Å². The van der Waals surface area contributed by atoms with Crippen molar-refractivity contribution in [2.75, 3.05) is 13.1 Å². The van der Waals surface area contributed by atoms with Crippen molar-refractivity contribution in [3.8, 4) is 0 Å². The Labute approximate surface area is 186 Å². The third-order valence-electron chi connectivity index (χ3n) is 6.44. The number of benzene rings is 2. The maximum absolute atomic E-state index is 12.7. The second kappa shape index (κ2) is 9.63. The number of hydrogen-bond donors (Lipinski definition) is 1. The molecule has 1 aliphatic heterocycles. The average molecular weight is 476 g/mol. The van der Waals surface area contributed by atoms with Gasteiger partial charge in [-0.05, 0) is 93.4 Å². The van der Waals surface area contributed by atoms with Gasteiger partial charge in [-0.3, -0.25) is 9.69 Å². The zero-order valence-corrected chi connectivity index (χ0v) is 19.0. The number of piperidine rings is 1. The van der Waals surface area contributed by atoms with Crippen molar-refractivity contribution < 1.29 is 4.79 Å². The Balaban J connectivity index is 1.30. The quantitative estimate of drug-likeness (QED) is 0.601. The number of nitrogens with one attached hydrogen (secondary N) is 1. The Hall–Kier alpha value is -1.36. The van der Waals surface area contributed by atoms with Crippen molar-refractivity contribution >= 4 is 33.4 Å². The summed E-state index contributed by atoms with van der Waals surface area (Å²) in [5.74, 6) is 0.782. The van der Waals surface area contributed by atoms with Crippen molar-refractivity contribution in [1.82, 2.24) is 10.2 Å². The molecule has 2 unspecified atom stereocenters. The van der Waals surface area contributed by atoms with Gasteiger partial charge in [-0.2, -0.15) is 0 Å². The van der Waals surface area contributed by atoms with Crippen LogP contribution >= 0.6 is 27.5 Å². The Bertz CT molecular complexity index is 833. The number of nitrogens with zero attached hydrogens (tertiary/aromatic N) is 1. The molecule has 1 aliphatic carbocycles. The fraction of sp³-hybridized carbons (Fsp3) is 0.458. The van der Waals surface area contributed by atoms with Gasteiger partial charge in [-0.15, -0.1) is 0 Å². The van der Waals surface area contributed by atoms with E-state index >= 15 is 0 Å². The van der Waals surface area contributed by atoms with E-state index in [2.05, 4.69) is 38.3 Å². The third-order valence-corrected chi connectivity index (χ3v) is 7.18. The fourth-order valence-corrected chi connectivity index (χ4v) is 5.40. The largest absolute Gasteiger partial charge is 0.348 e. The minimum Gasteiger partial charge on any atom is -0.348 e. The van der Waals surface area contributed by atoms with E-state index in [9.17, 15) is 4.79 Å². The first-order chi connectivity index (χ1) is 14.1. The van der Waals surface area contributed by atoms with Gasteiger partial charge in [0.2, 0.25) is 0 Å². The highest BCUT2D eigenvalue weighted by atomic mass is 79.9. The lowest BCUT2D eigenvalue weighted by molar-refractivity contribution is 0.0862. The first kappa shape index (κ1) is 20.9. The molecule has 2 aromatic rings. The first-order valence-corrected chi connectivity index (χ1v) is 11.8. The van der Waals surface area contributed by atoms with Crippen LogP contribution in [0.2, 0.25) is 5.02 Å². The molecule has 2 fully saturated rings. The maximum atomic E-state index is 12.7. The van der Waals surface area contributed by atoms with Crippen LogP contribution < -0.4 is 5.32 Å². The van der Waals surface area contributed by atoms with Crippen molar-refractivity contribution in [2.24, 2.45) is 5.92 Å². The van der Waals surface area contributed by atoms with E-state index in [1.54, 1.807) is 0 Å². The van der Waals surface area contributed by atoms with Gasteiger partial charge in [0, 0.05) is 27.1 Å². The SMILES string of the molecule is O=C(NC1CCCC1N1CCC(Cc2ccc(Cl)cc2)CC1)c1cccc(Br)c1. The van der Waals surface area contributed by atoms with Crippen LogP contribution in [0.5, 0.6) is 0 Å². The predicted molar refractivity (Wildman–Crippen MR) is 122 cm³/mol. The van der Waals surface area contributed by atoms with Crippen LogP contribution in [-0.4, -0.2) is 36.0 Å². The molecular formula is C24H28BrClN2O. The molecule has 2 aromatic carbocycles. The second-order valence-electron chi connectivity index (χ2n) is 8.40. The van der Waals surface area contributed by atoms with E-state index in [1.165, 1.54) is 31.2 Å². The van der Waals surface area contributed by atoms with E-state index < -0.39 is 0 Å². The lowest BCUT2D eigenvalue weighted by atomic mass is 9.89. The van der Waals surface area contributed by atoms with Crippen LogP contribution in [0.25, 0.3) is 0 Å². The third kappa shape index (κ3) is 5.42. The summed E-state index contributed by atoms with van der Waals surface area (Å²) >= 11 is 9.46. The van der Waals surface area contributed by atoms with Gasteiger partial charge < -0.3 is 5.32 Å². The monoisotopic (exact) mass is 474 g/mol. The molecular weight excluding hydrogens is 448 g/mol. The zero-order valence-electron chi connectivity index (χ0n) is 16.6. The Morgan fingerprint density at radius 2 is 1.83 bits per heavy atom. The molecule has 2 atom stereocenters. The standard InChI is InChI=1S/C24H28BrClN2O/c25-20-4-1-3-19(16-20)24(29)27-22-5-2-6-23(22)28-13-11-18(12-14-28)15-17-7-9-21(26)10-8-17/h1,3-4,7-10,16,18,22-23H,2,5-6,11-15H2,(H,27,29). The molecule has 2 aliphatic rings. The van der Waals surface area contributed by atoms with Gasteiger partial charge in [0.1, 0.15) is 0 Å². The van der Waals surface area contributed by atoms with Crippen LogP contribution in [0, 0.1) is 5.92 Å². The predicted octanol–water partition coefficient (Wildman–Crippen LogP) is 5.71. The Morgan fingerprint density at radius 1 is 1.07 bits per heavy atom. The minimum atomic E-state index is 0.0424. The summed E-state index contributed by atoms with van der Waals surface area (Å²) in [6, 6.07) is 16.6. The highest BCUT2D eigenvalue weighted by molar-refractivity contribution is 9.10. The van der Waals surface area contributed by atoms with Gasteiger partial charge in [0.25, 0.3) is 5.91 Å². The summed E-state index contributed by atoms with van der Waals surface area (Å²) < 4.78 is 0.941. The number of carbonyl (C=O) groups excluding carboxylic acids is 1. The van der Waals surface area contributed by atoms with Gasteiger partial charge in [0.05, 0.1) is 0 Å². The zero-order chi connectivity index (χ0) is 20.2. The van der Waals surface area contributed by atoms with Crippen LogP contribution in [0.3, 0.4) is 0 Å². The summed E-state index contributed by atoms with van der Waals surface area (Å²) in [4.78, 5) is 15.3. The number of rotatable bonds is 5. The molecule has 0 radical (unpaired) electrons. The van der Waals surface area contributed by atoms with Crippen LogP contribution in [0.1, 0.15) is 48.0 Å². The molecule has 1 saturated carbocycles. The van der Waals surface area contributed by atoms with E-state index in [4.69, 9.17) is 11.6 Å². The summed E-state index contributed by atoms with van der Waals surface area (Å²) in [6.45, 7) is 2.26. The highest BCUT2D eigenvalue weighted by Crippen LogP contribution is 2.30. The molecule has 0 bridgehead atoms. The number of hydrogen-bond acceptors (Lipinski definition) is 2. The molecule has 1 amide bonds. The highest BCUT2D eigenvalue weighted by Gasteiger charge is 2.35. The molecule has 0 spiro atoms. The van der Waals surface area contributed by atoms with Gasteiger partial charge >= 0.3 is 0 Å². The van der Waals surface area contributed by atoms with Gasteiger partial charge in [0.15, 0.2) is 0 Å². The summed E-state index contributed by atoms with van der Waals surface area (Å²) in [7, 11) is 0. The second-order valence-corrected chi connectivity index (χ2v) is 9.75. The number of carbonyl (C=O) groups is 1. The molecule has 3 nitrogen and oxygen atoms in total. The topological polar surface area (TPSA) is 32.3 Å². The molecule has 1 saturated heterocycles. The number of likely N-dealkylation sites (tertiary alicyclic amines) is 1. The summed E-state index contributed by atoms with van der Waals surface area (Å²) in [6.07, 6.45) is 7.05. The van der Waals surface area contributed by atoms with Gasteiger partial charge in [-0.1, -0.05) is 45.7 Å². The molecule has 1 N–H and O–H groups in total. The van der Waals surface area contributed by atoms with E-state index in [0.717, 1.165) is 46.9 Å². The van der Waals surface area contributed by atoms with Gasteiger partial charge in [-0.25, -0.2) is 0 Å². The molecule has 29 heavy (non-hydrogen) atoms. The first-order valence-electron chi connectivity index (χ1n) is 10.6. The normalized spacial score (nSPS) is 23.2. The maximum Gasteiger partial charge on any atom is 0.251 e. The average Bonchev–Trinajstić information content (AvgIpc) is 3.18. The van der Waals surface area contributed by atoms with Crippen LogP contribution in [0.4, 0.5) is 0 Å². The molecule has 0 aromatic heterocycles. The summed E-state index contributed by atoms with van der Waals surface area (Å²) in [5.41, 5.74) is 2.11.